The Bertz CT molecular complexity index is 607. The summed E-state index contributed by atoms with van der Waals surface area (Å²) in [7, 11) is 0. The molecule has 0 bridgehead atoms. The average Bonchev–Trinajstić information content (AvgIpc) is 2.60. The van der Waals surface area contributed by atoms with Gasteiger partial charge in [-0.3, -0.25) is 4.79 Å². The van der Waals surface area contributed by atoms with E-state index < -0.39 is 11.7 Å². The van der Waals surface area contributed by atoms with Crippen molar-refractivity contribution in [3.05, 3.63) is 23.9 Å². The summed E-state index contributed by atoms with van der Waals surface area (Å²) in [5.74, 6) is 0.824. The van der Waals surface area contributed by atoms with Crippen molar-refractivity contribution < 1.29 is 19.1 Å². The largest absolute Gasteiger partial charge is 0.444 e. The van der Waals surface area contributed by atoms with Crippen LogP contribution in [0.5, 0.6) is 0 Å². The summed E-state index contributed by atoms with van der Waals surface area (Å²) in [5, 5.41) is 2.71. The molecule has 1 N–H and O–H groups in total. The molecule has 1 aromatic heterocycles. The van der Waals surface area contributed by atoms with Gasteiger partial charge in [0.15, 0.2) is 5.78 Å². The van der Waals surface area contributed by atoms with Crippen molar-refractivity contribution in [1.82, 2.24) is 10.3 Å². The first-order chi connectivity index (χ1) is 12.4. The Morgan fingerprint density at radius 3 is 2.69 bits per heavy atom. The van der Waals surface area contributed by atoms with Crippen LogP contribution in [0.1, 0.15) is 50.4 Å². The van der Waals surface area contributed by atoms with Gasteiger partial charge in [-0.25, -0.2) is 9.78 Å². The van der Waals surface area contributed by atoms with E-state index in [0.29, 0.717) is 38.2 Å². The molecule has 2 rings (SSSR count). The molecule has 2 heterocycles. The molecule has 1 aliphatic heterocycles. The Morgan fingerprint density at radius 2 is 2.00 bits per heavy atom. The van der Waals surface area contributed by atoms with E-state index in [2.05, 4.69) is 15.2 Å². The number of ether oxygens (including phenoxy) is 2. The number of alkyl carbamates (subject to hydrolysis) is 1. The van der Waals surface area contributed by atoms with E-state index in [-0.39, 0.29) is 5.78 Å². The predicted octanol–water partition coefficient (Wildman–Crippen LogP) is 2.80. The van der Waals surface area contributed by atoms with Crippen LogP contribution in [-0.4, -0.2) is 55.3 Å². The molecule has 7 heteroatoms. The first-order valence-corrected chi connectivity index (χ1v) is 9.14. The number of morpholine rings is 1. The third-order valence-electron chi connectivity index (χ3n) is 3.90. The summed E-state index contributed by atoms with van der Waals surface area (Å²) in [6.07, 6.45) is 3.14. The number of nitrogens with one attached hydrogen (secondary N) is 1. The summed E-state index contributed by atoms with van der Waals surface area (Å²) in [6, 6.07) is 3.63. The molecule has 1 amide bonds. The van der Waals surface area contributed by atoms with Crippen LogP contribution in [0.15, 0.2) is 18.3 Å². The zero-order chi connectivity index (χ0) is 19.0. The van der Waals surface area contributed by atoms with Gasteiger partial charge in [-0.1, -0.05) is 0 Å². The van der Waals surface area contributed by atoms with Gasteiger partial charge in [-0.05, 0) is 45.7 Å². The third-order valence-corrected chi connectivity index (χ3v) is 3.90. The summed E-state index contributed by atoms with van der Waals surface area (Å²) >= 11 is 0. The Labute approximate surface area is 155 Å². The van der Waals surface area contributed by atoms with Crippen LogP contribution < -0.4 is 10.2 Å². The first-order valence-electron chi connectivity index (χ1n) is 9.14. The fourth-order valence-electron chi connectivity index (χ4n) is 2.69. The van der Waals surface area contributed by atoms with Gasteiger partial charge in [0.2, 0.25) is 0 Å². The third kappa shape index (κ3) is 6.63. The molecule has 1 fully saturated rings. The van der Waals surface area contributed by atoms with Crippen molar-refractivity contribution in [3.8, 4) is 0 Å². The van der Waals surface area contributed by atoms with E-state index in [1.165, 1.54) is 0 Å². The number of carbonyl (C=O) groups is 2. The lowest BCUT2D eigenvalue weighted by atomic mass is 10.1. The van der Waals surface area contributed by atoms with Gasteiger partial charge >= 0.3 is 6.09 Å². The molecular weight excluding hydrogens is 334 g/mol. The van der Waals surface area contributed by atoms with Crippen LogP contribution in [0, 0.1) is 0 Å². The molecule has 144 valence electrons. The number of unbranched alkanes of at least 4 members (excludes halogenated alkanes) is 1. The molecule has 0 atom stereocenters. The van der Waals surface area contributed by atoms with Gasteiger partial charge < -0.3 is 19.7 Å². The van der Waals surface area contributed by atoms with Gasteiger partial charge in [0.1, 0.15) is 11.4 Å². The van der Waals surface area contributed by atoms with Gasteiger partial charge in [0.05, 0.1) is 18.8 Å². The van der Waals surface area contributed by atoms with E-state index in [1.807, 2.05) is 26.8 Å². The monoisotopic (exact) mass is 363 g/mol. The molecule has 1 aliphatic rings. The van der Waals surface area contributed by atoms with Crippen molar-refractivity contribution in [3.63, 3.8) is 0 Å². The predicted molar refractivity (Wildman–Crippen MR) is 99.7 cm³/mol. The number of amides is 1. The Morgan fingerprint density at radius 1 is 1.27 bits per heavy atom. The highest BCUT2D eigenvalue weighted by molar-refractivity contribution is 6.00. The zero-order valence-electron chi connectivity index (χ0n) is 15.9. The summed E-state index contributed by atoms with van der Waals surface area (Å²) in [5.41, 5.74) is 0.158. The molecule has 26 heavy (non-hydrogen) atoms. The Hall–Kier alpha value is -2.15. The Kier molecular flexibility index (Phi) is 7.38. The van der Waals surface area contributed by atoms with E-state index in [4.69, 9.17) is 9.47 Å². The fraction of sp³-hybridized carbons (Fsp3) is 0.632. The lowest BCUT2D eigenvalue weighted by Gasteiger charge is -2.29. The number of ketones is 1. The fourth-order valence-corrected chi connectivity index (χ4v) is 2.69. The van der Waals surface area contributed by atoms with Gasteiger partial charge in [-0.2, -0.15) is 0 Å². The van der Waals surface area contributed by atoms with Crippen LogP contribution in [0.2, 0.25) is 0 Å². The number of pyridine rings is 1. The molecule has 0 saturated carbocycles. The maximum absolute atomic E-state index is 12.6. The van der Waals surface area contributed by atoms with Crippen molar-refractivity contribution >= 4 is 17.7 Å². The smallest absolute Gasteiger partial charge is 0.407 e. The number of anilines is 1. The molecule has 0 radical (unpaired) electrons. The van der Waals surface area contributed by atoms with Crippen molar-refractivity contribution in [2.24, 2.45) is 0 Å². The molecular formula is C19H29N3O4. The van der Waals surface area contributed by atoms with Gasteiger partial charge in [-0.15, -0.1) is 0 Å². The number of nitrogens with zero attached hydrogens (tertiary/aromatic N) is 2. The summed E-state index contributed by atoms with van der Waals surface area (Å²) < 4.78 is 10.5. The molecule has 0 unspecified atom stereocenters. The number of hydrogen-bond acceptors (Lipinski definition) is 6. The minimum atomic E-state index is -0.504. The van der Waals surface area contributed by atoms with E-state index >= 15 is 0 Å². The topological polar surface area (TPSA) is 80.8 Å². The maximum Gasteiger partial charge on any atom is 0.407 e. The maximum atomic E-state index is 12.6. The van der Waals surface area contributed by atoms with Crippen molar-refractivity contribution in [2.45, 2.75) is 45.6 Å². The first kappa shape index (κ1) is 20.2. The van der Waals surface area contributed by atoms with Crippen LogP contribution in [0.25, 0.3) is 0 Å². The minimum Gasteiger partial charge on any atom is -0.444 e. The second-order valence-electron chi connectivity index (χ2n) is 7.28. The van der Waals surface area contributed by atoms with Crippen LogP contribution in [-0.2, 0) is 9.47 Å². The summed E-state index contributed by atoms with van der Waals surface area (Å²) in [6.45, 7) is 8.77. The van der Waals surface area contributed by atoms with Crippen LogP contribution >= 0.6 is 0 Å². The number of aromatic nitrogens is 1. The highest BCUT2D eigenvalue weighted by Gasteiger charge is 2.19. The molecule has 0 aliphatic carbocycles. The quantitative estimate of drug-likeness (QED) is 0.593. The molecule has 7 nitrogen and oxygen atoms in total. The van der Waals surface area contributed by atoms with Crippen LogP contribution in [0.4, 0.5) is 10.6 Å². The van der Waals surface area contributed by atoms with E-state index in [9.17, 15) is 9.59 Å². The van der Waals surface area contributed by atoms with E-state index in [1.54, 1.807) is 12.3 Å². The van der Waals surface area contributed by atoms with Crippen LogP contribution in [0.3, 0.4) is 0 Å². The second-order valence-corrected chi connectivity index (χ2v) is 7.28. The molecule has 0 aromatic carbocycles. The van der Waals surface area contributed by atoms with E-state index in [0.717, 1.165) is 25.3 Å². The number of Topliss-reactive ketones (excluding diaryl/α,β-unsaturated/α-hetero) is 1. The highest BCUT2D eigenvalue weighted by atomic mass is 16.6. The SMILES string of the molecule is CC(C)(C)OC(=O)NCCCCC(=O)c1cccnc1N1CCOCC1. The Balaban J connectivity index is 1.77. The van der Waals surface area contributed by atoms with Gasteiger partial charge in [0.25, 0.3) is 0 Å². The zero-order valence-corrected chi connectivity index (χ0v) is 15.9. The van der Waals surface area contributed by atoms with Crippen molar-refractivity contribution in [2.75, 3.05) is 37.7 Å². The van der Waals surface area contributed by atoms with Crippen molar-refractivity contribution in [1.29, 1.82) is 0 Å². The number of rotatable bonds is 7. The highest BCUT2D eigenvalue weighted by Crippen LogP contribution is 2.20. The lowest BCUT2D eigenvalue weighted by molar-refractivity contribution is 0.0527. The normalized spacial score (nSPS) is 14.8. The molecule has 1 saturated heterocycles. The van der Waals surface area contributed by atoms with Gasteiger partial charge in [0, 0.05) is 32.3 Å². The number of hydrogen-bond donors (Lipinski definition) is 1. The number of carbonyl (C=O) groups excluding carboxylic acids is 2. The summed E-state index contributed by atoms with van der Waals surface area (Å²) in [4.78, 5) is 30.7. The molecule has 1 aromatic rings. The molecule has 0 spiro atoms. The second kappa shape index (κ2) is 9.52. The average molecular weight is 363 g/mol. The lowest BCUT2D eigenvalue weighted by Crippen LogP contribution is -2.37. The standard InChI is InChI=1S/C19H29N3O4/c1-19(2,3)26-18(24)21-9-5-4-8-16(23)15-7-6-10-20-17(15)22-11-13-25-14-12-22/h6-7,10H,4-5,8-9,11-14H2,1-3H3,(H,21,24). The minimum absolute atomic E-state index is 0.0804.